The number of unbranched alkanes of at least 4 members (excludes halogenated alkanes) is 1. The number of nitrogens with zero attached hydrogens (tertiary/aromatic N) is 2. The van der Waals surface area contributed by atoms with Crippen LogP contribution in [0.2, 0.25) is 0 Å². The maximum Gasteiger partial charge on any atom is 0.218 e. The van der Waals surface area contributed by atoms with E-state index in [1.54, 1.807) is 5.71 Å². The van der Waals surface area contributed by atoms with Gasteiger partial charge in [-0.3, -0.25) is 0 Å². The molecule has 0 bridgehead atoms. The highest BCUT2D eigenvalue weighted by Gasteiger charge is 2.09. The lowest BCUT2D eigenvalue weighted by Crippen LogP contribution is -2.14. The second-order valence-corrected chi connectivity index (χ2v) is 6.44. The zero-order valence-corrected chi connectivity index (χ0v) is 14.8. The molecule has 0 aliphatic carbocycles. The van der Waals surface area contributed by atoms with Crippen LogP contribution in [0.3, 0.4) is 0 Å². The Morgan fingerprint density at radius 2 is 1.35 bits per heavy atom. The van der Waals surface area contributed by atoms with Gasteiger partial charge in [0.05, 0.1) is 0 Å². The van der Waals surface area contributed by atoms with Gasteiger partial charge in [-0.2, -0.15) is 0 Å². The van der Waals surface area contributed by atoms with E-state index in [0.717, 1.165) is 11.8 Å². The first kappa shape index (κ1) is 17.3. The average molecular weight is 370 g/mol. The Hall–Kier alpha value is 0.300. The monoisotopic (exact) mass is 368 g/mol. The molecule has 0 aliphatic heterocycles. The molecule has 0 aliphatic rings. The molecule has 0 saturated carbocycles. The number of rotatable bonds is 8. The number of halogens is 2. The summed E-state index contributed by atoms with van der Waals surface area (Å²) in [6, 6.07) is 0. The van der Waals surface area contributed by atoms with Crippen LogP contribution in [0.5, 0.6) is 0 Å². The normalized spacial score (nSPS) is 10.2. The zero-order valence-electron chi connectivity index (χ0n) is 11.6. The van der Waals surface area contributed by atoms with Gasteiger partial charge in [-0.1, -0.05) is 15.9 Å². The fourth-order valence-corrected chi connectivity index (χ4v) is 2.23. The lowest BCUT2D eigenvalue weighted by atomic mass is 10.1. The highest BCUT2D eigenvalue weighted by Crippen LogP contribution is 2.08. The van der Waals surface area contributed by atoms with Crippen LogP contribution >= 0.6 is 31.9 Å². The minimum absolute atomic E-state index is 1.10. The number of hydrogen-bond acceptors (Lipinski definition) is 0. The third-order valence-electron chi connectivity index (χ3n) is 2.82. The van der Waals surface area contributed by atoms with Crippen LogP contribution in [-0.2, 0) is 0 Å². The van der Waals surface area contributed by atoms with E-state index in [4.69, 9.17) is 0 Å². The summed E-state index contributed by atoms with van der Waals surface area (Å²) in [6.45, 7) is 0. The lowest BCUT2D eigenvalue weighted by molar-refractivity contribution is -0.467. The molecule has 0 heterocycles. The summed E-state index contributed by atoms with van der Waals surface area (Å²) in [6.07, 6.45) is 7.36. The van der Waals surface area contributed by atoms with E-state index in [1.165, 1.54) is 36.7 Å². The first-order chi connectivity index (χ1) is 7.99. The minimum atomic E-state index is 1.10. The molecule has 0 aromatic rings. The van der Waals surface area contributed by atoms with Crippen molar-refractivity contribution in [3.63, 3.8) is 0 Å². The lowest BCUT2D eigenvalue weighted by Gasteiger charge is -2.03. The van der Waals surface area contributed by atoms with E-state index < -0.39 is 0 Å². The van der Waals surface area contributed by atoms with Gasteiger partial charge in [-0.05, 0) is 19.3 Å². The topological polar surface area (TPSA) is 6.02 Å². The van der Waals surface area contributed by atoms with Gasteiger partial charge in [-0.15, -0.1) is 0 Å². The van der Waals surface area contributed by atoms with E-state index in [1.807, 2.05) is 0 Å². The van der Waals surface area contributed by atoms with E-state index in [0.29, 0.717) is 0 Å². The van der Waals surface area contributed by atoms with Gasteiger partial charge in [-0.25, -0.2) is 9.15 Å². The van der Waals surface area contributed by atoms with E-state index in [9.17, 15) is 0 Å². The second kappa shape index (κ2) is 10.2. The Morgan fingerprint density at radius 1 is 0.824 bits per heavy atom. The summed E-state index contributed by atoms with van der Waals surface area (Å²) in [7, 11) is 8.48. The number of hydrogen-bond donors (Lipinski definition) is 0. The molecule has 0 radical (unpaired) electrons. The molecule has 2 nitrogen and oxygen atoms in total. The van der Waals surface area contributed by atoms with Gasteiger partial charge in [0.2, 0.25) is 4.62 Å². The maximum atomic E-state index is 3.60. The molecule has 4 heteroatoms. The molecule has 0 aromatic heterocycles. The molecule has 0 fully saturated rings. The molecule has 0 amide bonds. The van der Waals surface area contributed by atoms with E-state index in [-0.39, 0.29) is 0 Å². The fourth-order valence-electron chi connectivity index (χ4n) is 1.67. The molecular weight excluding hydrogens is 344 g/mol. The summed E-state index contributed by atoms with van der Waals surface area (Å²) in [5, 5.41) is 1.10. The van der Waals surface area contributed by atoms with Crippen molar-refractivity contribution in [3.8, 4) is 0 Å². The van der Waals surface area contributed by atoms with Gasteiger partial charge in [0.25, 0.3) is 0 Å². The van der Waals surface area contributed by atoms with Gasteiger partial charge in [0.1, 0.15) is 28.2 Å². The Morgan fingerprint density at radius 3 is 1.82 bits per heavy atom. The van der Waals surface area contributed by atoms with Crippen molar-refractivity contribution in [2.24, 2.45) is 0 Å². The van der Waals surface area contributed by atoms with Gasteiger partial charge >= 0.3 is 0 Å². The van der Waals surface area contributed by atoms with Crippen molar-refractivity contribution in [1.29, 1.82) is 0 Å². The predicted octanol–water partition coefficient (Wildman–Crippen LogP) is 3.50. The standard InChI is InChI=1S/C13H26Br2N2/c1-16(2)12(9-7-11-14)8-5-6-10-13(15)17(3)4/h5-11H2,1-4H3/q+2. The predicted molar refractivity (Wildman–Crippen MR) is 84.7 cm³/mol. The molecule has 0 unspecified atom stereocenters. The smallest absolute Gasteiger partial charge is 0.218 e. The molecule has 0 aromatic carbocycles. The van der Waals surface area contributed by atoms with Crippen LogP contribution in [0.4, 0.5) is 0 Å². The van der Waals surface area contributed by atoms with Gasteiger partial charge in [0.15, 0.2) is 5.71 Å². The summed E-state index contributed by atoms with van der Waals surface area (Å²) in [5.41, 5.74) is 1.57. The van der Waals surface area contributed by atoms with Crippen molar-refractivity contribution < 1.29 is 9.15 Å². The van der Waals surface area contributed by atoms with Crippen LogP contribution in [-0.4, -0.2) is 53.0 Å². The summed E-state index contributed by atoms with van der Waals surface area (Å²) in [5.74, 6) is 0. The maximum absolute atomic E-state index is 3.60. The van der Waals surface area contributed by atoms with Crippen LogP contribution in [0, 0.1) is 0 Å². The molecule has 0 saturated heterocycles. The summed E-state index contributed by atoms with van der Waals surface area (Å²) < 4.78 is 5.72. The molecule has 0 rings (SSSR count). The van der Waals surface area contributed by atoms with Gasteiger partial charge < -0.3 is 0 Å². The minimum Gasteiger partial charge on any atom is -0.242 e. The molecule has 0 spiro atoms. The third kappa shape index (κ3) is 8.95. The Kier molecular flexibility index (Phi) is 10.4. The molecule has 0 N–H and O–H groups in total. The van der Waals surface area contributed by atoms with E-state index >= 15 is 0 Å². The largest absolute Gasteiger partial charge is 0.242 e. The Balaban J connectivity index is 3.93. The number of alkyl halides is 1. The van der Waals surface area contributed by atoms with Crippen LogP contribution in [0.15, 0.2) is 0 Å². The molecule has 100 valence electrons. The van der Waals surface area contributed by atoms with Crippen molar-refractivity contribution in [1.82, 2.24) is 0 Å². The highest BCUT2D eigenvalue weighted by atomic mass is 79.9. The van der Waals surface area contributed by atoms with Crippen molar-refractivity contribution >= 4 is 42.2 Å². The Bertz CT molecular complexity index is 275. The summed E-state index contributed by atoms with van der Waals surface area (Å²) in [4.78, 5) is 0. The fraction of sp³-hybridized carbons (Fsp3) is 0.846. The first-order valence-electron chi connectivity index (χ1n) is 6.25. The second-order valence-electron chi connectivity index (χ2n) is 4.73. The first-order valence-corrected chi connectivity index (χ1v) is 8.17. The molecule has 17 heavy (non-hydrogen) atoms. The van der Waals surface area contributed by atoms with Gasteiger partial charge in [0, 0.05) is 40.5 Å². The zero-order chi connectivity index (χ0) is 13.3. The van der Waals surface area contributed by atoms with Crippen molar-refractivity contribution in [3.05, 3.63) is 0 Å². The third-order valence-corrected chi connectivity index (χ3v) is 4.48. The average Bonchev–Trinajstić information content (AvgIpc) is 2.27. The molecule has 0 atom stereocenters. The summed E-state index contributed by atoms with van der Waals surface area (Å²) >= 11 is 7.10. The highest BCUT2D eigenvalue weighted by molar-refractivity contribution is 9.18. The molecular formula is C13H26Br2N2+2. The van der Waals surface area contributed by atoms with Crippen LogP contribution in [0.25, 0.3) is 0 Å². The SMILES string of the molecule is C[N+](C)=C(Br)CCCCC(CCCBr)=[N+](C)C. The van der Waals surface area contributed by atoms with Crippen LogP contribution < -0.4 is 0 Å². The van der Waals surface area contributed by atoms with Crippen LogP contribution in [0.1, 0.15) is 38.5 Å². The van der Waals surface area contributed by atoms with Crippen molar-refractivity contribution in [2.75, 3.05) is 33.5 Å². The van der Waals surface area contributed by atoms with Crippen molar-refractivity contribution in [2.45, 2.75) is 38.5 Å². The van der Waals surface area contributed by atoms with E-state index in [2.05, 4.69) is 69.2 Å². The Labute approximate surface area is 123 Å². The quantitative estimate of drug-likeness (QED) is 0.267.